The van der Waals surface area contributed by atoms with E-state index in [-0.39, 0.29) is 24.9 Å². The van der Waals surface area contributed by atoms with Gasteiger partial charge in [-0.3, -0.25) is 4.79 Å². The number of aliphatic carboxylic acids is 1. The Hall–Kier alpha value is -3.00. The number of benzene rings is 2. The molecule has 0 aromatic heterocycles. The van der Waals surface area contributed by atoms with Gasteiger partial charge in [0.15, 0.2) is 0 Å². The zero-order chi connectivity index (χ0) is 23.7. The summed E-state index contributed by atoms with van der Waals surface area (Å²) in [6.07, 6.45) is 2.76. The monoisotopic (exact) mass is 480 g/mol. The highest BCUT2D eigenvalue weighted by atomic mass is 32.2. The molecule has 2 amide bonds. The summed E-state index contributed by atoms with van der Waals surface area (Å²) in [5.74, 6) is -0.469. The highest BCUT2D eigenvalue weighted by molar-refractivity contribution is 7.99. The van der Waals surface area contributed by atoms with Gasteiger partial charge in [-0.2, -0.15) is 0 Å². The van der Waals surface area contributed by atoms with E-state index in [0.717, 1.165) is 24.0 Å². The van der Waals surface area contributed by atoms with Crippen molar-refractivity contribution in [1.29, 1.82) is 0 Å². The maximum atomic E-state index is 13.0. The normalized spacial score (nSPS) is 20.6. The van der Waals surface area contributed by atoms with Gasteiger partial charge in [-0.05, 0) is 35.1 Å². The fraction of sp³-hybridized carbons (Fsp3) is 0.423. The predicted molar refractivity (Wildman–Crippen MR) is 130 cm³/mol. The fourth-order valence-electron chi connectivity index (χ4n) is 5.53. The molecule has 1 heterocycles. The summed E-state index contributed by atoms with van der Waals surface area (Å²) in [7, 11) is 0. The Labute approximate surface area is 202 Å². The molecule has 1 saturated heterocycles. The minimum absolute atomic E-state index is 0.0303. The summed E-state index contributed by atoms with van der Waals surface area (Å²) < 4.78 is 5.72. The van der Waals surface area contributed by atoms with Crippen molar-refractivity contribution in [1.82, 2.24) is 10.2 Å². The summed E-state index contributed by atoms with van der Waals surface area (Å²) in [4.78, 5) is 38.8. The zero-order valence-corrected chi connectivity index (χ0v) is 19.7. The van der Waals surface area contributed by atoms with E-state index in [1.807, 2.05) is 24.3 Å². The van der Waals surface area contributed by atoms with Crippen molar-refractivity contribution in [3.05, 3.63) is 59.7 Å². The number of ether oxygens (including phenoxy) is 1. The number of amides is 2. The number of nitrogens with zero attached hydrogens (tertiary/aromatic N) is 1. The Morgan fingerprint density at radius 2 is 1.65 bits per heavy atom. The van der Waals surface area contributed by atoms with Crippen LogP contribution in [0.1, 0.15) is 49.1 Å². The minimum Gasteiger partial charge on any atom is -0.480 e. The number of hydrogen-bond donors (Lipinski definition) is 2. The van der Waals surface area contributed by atoms with Gasteiger partial charge in [-0.1, -0.05) is 61.4 Å². The number of carbonyl (C=O) groups excluding carboxylic acids is 2. The molecule has 2 N–H and O–H groups in total. The van der Waals surface area contributed by atoms with Gasteiger partial charge in [0.2, 0.25) is 5.91 Å². The molecule has 1 unspecified atom stereocenters. The average Bonchev–Trinajstić information content (AvgIpc) is 3.56. The van der Waals surface area contributed by atoms with Gasteiger partial charge < -0.3 is 20.1 Å². The van der Waals surface area contributed by atoms with Gasteiger partial charge in [0, 0.05) is 11.7 Å². The van der Waals surface area contributed by atoms with Crippen LogP contribution in [0.5, 0.6) is 0 Å². The molecular formula is C26H28N2O5S. The number of thioether (sulfide) groups is 1. The minimum atomic E-state index is -0.983. The second kappa shape index (κ2) is 9.33. The number of rotatable bonds is 6. The number of nitrogens with one attached hydrogen (secondary N) is 1. The quantitative estimate of drug-likeness (QED) is 0.643. The van der Waals surface area contributed by atoms with Gasteiger partial charge in [-0.25, -0.2) is 9.59 Å². The lowest BCUT2D eigenvalue weighted by atomic mass is 9.92. The van der Waals surface area contributed by atoms with Crippen LogP contribution in [0, 0.1) is 0 Å². The third-order valence-corrected chi connectivity index (χ3v) is 8.26. The standard InChI is InChI=1S/C26H28N2O5S/c29-23(28-16-34-15-22(28)24(30)31)13-26(11-5-6-12-26)27-25(32)33-14-21-19-9-3-1-7-17(19)18-8-2-4-10-20(18)21/h1-4,7-10,21-22H,5-6,11-16H2,(H,27,32)(H,30,31). The summed E-state index contributed by atoms with van der Waals surface area (Å²) in [5, 5.41) is 12.4. The molecule has 0 bridgehead atoms. The first-order valence-corrected chi connectivity index (χ1v) is 12.9. The number of fused-ring (bicyclic) bond motifs is 3. The molecule has 2 aromatic carbocycles. The molecule has 3 aliphatic rings. The van der Waals surface area contributed by atoms with Crippen molar-refractivity contribution in [2.45, 2.75) is 49.6 Å². The largest absolute Gasteiger partial charge is 0.480 e. The SMILES string of the molecule is O=C(NC1(CC(=O)N2CSCC2C(=O)O)CCCC1)OCC1c2ccccc2-c2ccccc21. The number of alkyl carbamates (subject to hydrolysis) is 1. The molecule has 0 spiro atoms. The van der Waals surface area contributed by atoms with E-state index in [0.29, 0.717) is 24.5 Å². The Bertz CT molecular complexity index is 1070. The van der Waals surface area contributed by atoms with E-state index in [1.54, 1.807) is 0 Å². The molecule has 7 nitrogen and oxygen atoms in total. The van der Waals surface area contributed by atoms with Gasteiger partial charge in [0.05, 0.1) is 17.8 Å². The zero-order valence-electron chi connectivity index (χ0n) is 18.9. The van der Waals surface area contributed by atoms with Crippen LogP contribution in [0.2, 0.25) is 0 Å². The van der Waals surface area contributed by atoms with E-state index in [1.165, 1.54) is 27.8 Å². The topological polar surface area (TPSA) is 95.9 Å². The van der Waals surface area contributed by atoms with Crippen molar-refractivity contribution in [3.63, 3.8) is 0 Å². The second-order valence-electron chi connectivity index (χ2n) is 9.33. The van der Waals surface area contributed by atoms with Gasteiger partial charge in [-0.15, -0.1) is 11.8 Å². The van der Waals surface area contributed by atoms with Crippen LogP contribution < -0.4 is 5.32 Å². The summed E-state index contributed by atoms with van der Waals surface area (Å²) in [5.41, 5.74) is 3.94. The third kappa shape index (κ3) is 4.27. The van der Waals surface area contributed by atoms with E-state index in [9.17, 15) is 19.5 Å². The summed E-state index contributed by atoms with van der Waals surface area (Å²) in [6, 6.07) is 15.6. The lowest BCUT2D eigenvalue weighted by Gasteiger charge is -2.32. The average molecular weight is 481 g/mol. The van der Waals surface area contributed by atoms with Crippen LogP contribution in [0.15, 0.2) is 48.5 Å². The van der Waals surface area contributed by atoms with E-state index in [2.05, 4.69) is 29.6 Å². The van der Waals surface area contributed by atoms with Crippen LogP contribution in [0.4, 0.5) is 4.79 Å². The first kappa shape index (κ1) is 22.8. The van der Waals surface area contributed by atoms with Crippen molar-refractivity contribution in [2.24, 2.45) is 0 Å². The molecule has 0 radical (unpaired) electrons. The molecule has 178 valence electrons. The Morgan fingerprint density at radius 3 is 2.26 bits per heavy atom. The second-order valence-corrected chi connectivity index (χ2v) is 10.3. The number of carboxylic acid groups (broad SMARTS) is 1. The molecule has 2 fully saturated rings. The van der Waals surface area contributed by atoms with Gasteiger partial charge in [0.25, 0.3) is 0 Å². The summed E-state index contributed by atoms with van der Waals surface area (Å²) >= 11 is 1.44. The van der Waals surface area contributed by atoms with Crippen LogP contribution in [-0.2, 0) is 14.3 Å². The molecule has 2 aromatic rings. The Balaban J connectivity index is 1.25. The maximum Gasteiger partial charge on any atom is 0.407 e. The predicted octanol–water partition coefficient (Wildman–Crippen LogP) is 4.21. The smallest absolute Gasteiger partial charge is 0.407 e. The lowest BCUT2D eigenvalue weighted by molar-refractivity contribution is -0.148. The highest BCUT2D eigenvalue weighted by Crippen LogP contribution is 2.44. The Morgan fingerprint density at radius 1 is 1.03 bits per heavy atom. The third-order valence-electron chi connectivity index (χ3n) is 7.25. The number of carbonyl (C=O) groups is 3. The van der Waals surface area contributed by atoms with E-state index in [4.69, 9.17) is 4.74 Å². The molecule has 1 saturated carbocycles. The summed E-state index contributed by atoms with van der Waals surface area (Å²) in [6.45, 7) is 0.216. The maximum absolute atomic E-state index is 13.0. The van der Waals surface area contributed by atoms with Crippen LogP contribution in [0.25, 0.3) is 11.1 Å². The molecular weight excluding hydrogens is 452 g/mol. The van der Waals surface area contributed by atoms with Crippen LogP contribution in [0.3, 0.4) is 0 Å². The van der Waals surface area contributed by atoms with Crippen molar-refractivity contribution < 1.29 is 24.2 Å². The molecule has 8 heteroatoms. The molecule has 5 rings (SSSR count). The molecule has 1 aliphatic heterocycles. The first-order valence-electron chi connectivity index (χ1n) is 11.7. The Kier molecular flexibility index (Phi) is 6.25. The van der Waals surface area contributed by atoms with Gasteiger partial charge in [0.1, 0.15) is 12.6 Å². The van der Waals surface area contributed by atoms with E-state index >= 15 is 0 Å². The first-order chi connectivity index (χ1) is 16.5. The fourth-order valence-corrected chi connectivity index (χ4v) is 6.70. The number of hydrogen-bond acceptors (Lipinski definition) is 5. The molecule has 34 heavy (non-hydrogen) atoms. The van der Waals surface area contributed by atoms with Crippen molar-refractivity contribution in [3.8, 4) is 11.1 Å². The van der Waals surface area contributed by atoms with Crippen molar-refractivity contribution >= 4 is 29.7 Å². The van der Waals surface area contributed by atoms with Crippen molar-refractivity contribution in [2.75, 3.05) is 18.2 Å². The van der Waals surface area contributed by atoms with Gasteiger partial charge >= 0.3 is 12.1 Å². The lowest BCUT2D eigenvalue weighted by Crippen LogP contribution is -2.51. The van der Waals surface area contributed by atoms with Crippen LogP contribution in [-0.4, -0.2) is 57.8 Å². The molecule has 2 aliphatic carbocycles. The number of carboxylic acids is 1. The highest BCUT2D eigenvalue weighted by Gasteiger charge is 2.42. The van der Waals surface area contributed by atoms with E-state index < -0.39 is 23.6 Å². The molecule has 1 atom stereocenters. The van der Waals surface area contributed by atoms with Crippen LogP contribution >= 0.6 is 11.8 Å².